The quantitative estimate of drug-likeness (QED) is 0.612. The van der Waals surface area contributed by atoms with Gasteiger partial charge in [-0.25, -0.2) is 4.79 Å². The fraction of sp³-hybridized carbons (Fsp3) is 0.167. The standard InChI is InChI=1S/C24H23NO4/c1-16-9-7-14-21(17(16)2)24(27)29-22(18-10-5-4-6-11-18)23(26)25-19-12-8-13-20(15-19)28-3/h4-15,22H,1-3H3,(H,25,26)/t22-/m0/s1. The van der Waals surface area contributed by atoms with Gasteiger partial charge in [-0.2, -0.15) is 0 Å². The number of benzene rings is 3. The van der Waals surface area contributed by atoms with Gasteiger partial charge in [0.25, 0.3) is 5.91 Å². The van der Waals surface area contributed by atoms with Crippen molar-refractivity contribution in [3.8, 4) is 5.75 Å². The van der Waals surface area contributed by atoms with Crippen molar-refractivity contribution in [3.63, 3.8) is 0 Å². The number of hydrogen-bond acceptors (Lipinski definition) is 4. The third kappa shape index (κ3) is 4.82. The van der Waals surface area contributed by atoms with Gasteiger partial charge in [0.15, 0.2) is 0 Å². The normalized spacial score (nSPS) is 11.4. The first-order valence-electron chi connectivity index (χ1n) is 9.26. The Bertz CT molecular complexity index is 1010. The lowest BCUT2D eigenvalue weighted by Gasteiger charge is -2.19. The average Bonchev–Trinajstić information content (AvgIpc) is 2.74. The van der Waals surface area contributed by atoms with Crippen molar-refractivity contribution in [1.82, 2.24) is 0 Å². The van der Waals surface area contributed by atoms with Crippen LogP contribution in [-0.4, -0.2) is 19.0 Å². The maximum Gasteiger partial charge on any atom is 0.339 e. The molecule has 0 aromatic heterocycles. The van der Waals surface area contributed by atoms with Crippen LogP contribution in [0.3, 0.4) is 0 Å². The van der Waals surface area contributed by atoms with Crippen LogP contribution in [0.4, 0.5) is 5.69 Å². The largest absolute Gasteiger partial charge is 0.497 e. The maximum atomic E-state index is 13.0. The molecule has 0 spiro atoms. The Morgan fingerprint density at radius 3 is 2.34 bits per heavy atom. The van der Waals surface area contributed by atoms with Crippen molar-refractivity contribution in [1.29, 1.82) is 0 Å². The molecular weight excluding hydrogens is 366 g/mol. The SMILES string of the molecule is COc1cccc(NC(=O)[C@@H](OC(=O)c2cccc(C)c2C)c2ccccc2)c1. The van der Waals surface area contributed by atoms with Crippen LogP contribution < -0.4 is 10.1 Å². The second-order valence-electron chi connectivity index (χ2n) is 6.66. The fourth-order valence-electron chi connectivity index (χ4n) is 2.95. The summed E-state index contributed by atoms with van der Waals surface area (Å²) in [6, 6.07) is 21.4. The van der Waals surface area contributed by atoms with E-state index in [1.54, 1.807) is 67.8 Å². The number of ether oxygens (including phenoxy) is 2. The summed E-state index contributed by atoms with van der Waals surface area (Å²) in [5.74, 6) is -0.365. The molecular formula is C24H23NO4. The fourth-order valence-corrected chi connectivity index (χ4v) is 2.95. The molecule has 3 aromatic rings. The van der Waals surface area contributed by atoms with E-state index in [2.05, 4.69) is 5.32 Å². The summed E-state index contributed by atoms with van der Waals surface area (Å²) >= 11 is 0. The summed E-state index contributed by atoms with van der Waals surface area (Å²) in [6.07, 6.45) is -1.09. The zero-order valence-corrected chi connectivity index (χ0v) is 16.6. The number of carbonyl (C=O) groups is 2. The Labute approximate surface area is 170 Å². The first-order chi connectivity index (χ1) is 14.0. The Kier molecular flexibility index (Phi) is 6.29. The van der Waals surface area contributed by atoms with Gasteiger partial charge in [-0.15, -0.1) is 0 Å². The van der Waals surface area contributed by atoms with Gasteiger partial charge in [0.2, 0.25) is 6.10 Å². The van der Waals surface area contributed by atoms with Crippen molar-refractivity contribution < 1.29 is 19.1 Å². The number of aryl methyl sites for hydroxylation is 1. The summed E-state index contributed by atoms with van der Waals surface area (Å²) in [6.45, 7) is 3.79. The van der Waals surface area contributed by atoms with Crippen molar-refractivity contribution in [2.75, 3.05) is 12.4 Å². The Morgan fingerprint density at radius 1 is 0.897 bits per heavy atom. The molecule has 0 aliphatic carbocycles. The number of rotatable bonds is 6. The van der Waals surface area contributed by atoms with E-state index in [9.17, 15) is 9.59 Å². The number of anilines is 1. The van der Waals surface area contributed by atoms with Crippen LogP contribution in [-0.2, 0) is 9.53 Å². The monoisotopic (exact) mass is 389 g/mol. The minimum absolute atomic E-state index is 0.442. The number of amides is 1. The van der Waals surface area contributed by atoms with Gasteiger partial charge in [-0.1, -0.05) is 48.5 Å². The molecule has 1 N–H and O–H groups in total. The topological polar surface area (TPSA) is 64.6 Å². The van der Waals surface area contributed by atoms with Crippen LogP contribution in [0.15, 0.2) is 72.8 Å². The number of hydrogen-bond donors (Lipinski definition) is 1. The number of esters is 1. The van der Waals surface area contributed by atoms with Crippen molar-refractivity contribution in [3.05, 3.63) is 95.1 Å². The lowest BCUT2D eigenvalue weighted by atomic mass is 10.0. The van der Waals surface area contributed by atoms with Gasteiger partial charge < -0.3 is 14.8 Å². The molecule has 0 saturated carbocycles. The Balaban J connectivity index is 1.87. The second kappa shape index (κ2) is 9.06. The van der Waals surface area contributed by atoms with E-state index in [4.69, 9.17) is 9.47 Å². The molecule has 148 valence electrons. The van der Waals surface area contributed by atoms with Crippen molar-refractivity contribution in [2.24, 2.45) is 0 Å². The van der Waals surface area contributed by atoms with E-state index in [1.807, 2.05) is 26.0 Å². The first-order valence-corrected chi connectivity index (χ1v) is 9.26. The van der Waals surface area contributed by atoms with Gasteiger partial charge in [-0.05, 0) is 43.2 Å². The molecule has 0 fully saturated rings. The molecule has 3 rings (SSSR count). The molecule has 5 heteroatoms. The van der Waals surface area contributed by atoms with Crippen LogP contribution in [0.5, 0.6) is 5.75 Å². The minimum Gasteiger partial charge on any atom is -0.497 e. The van der Waals surface area contributed by atoms with E-state index < -0.39 is 18.0 Å². The molecule has 0 radical (unpaired) electrons. The summed E-state index contributed by atoms with van der Waals surface area (Å²) in [5, 5.41) is 2.80. The summed E-state index contributed by atoms with van der Waals surface area (Å²) in [4.78, 5) is 25.8. The summed E-state index contributed by atoms with van der Waals surface area (Å²) in [5.41, 5.74) is 3.40. The predicted molar refractivity (Wildman–Crippen MR) is 112 cm³/mol. The number of carbonyl (C=O) groups excluding carboxylic acids is 2. The van der Waals surface area contributed by atoms with Gasteiger partial charge in [0, 0.05) is 17.3 Å². The van der Waals surface area contributed by atoms with Crippen molar-refractivity contribution in [2.45, 2.75) is 20.0 Å². The van der Waals surface area contributed by atoms with Crippen LogP contribution in [0.2, 0.25) is 0 Å². The maximum absolute atomic E-state index is 13.0. The smallest absolute Gasteiger partial charge is 0.339 e. The number of nitrogens with one attached hydrogen (secondary N) is 1. The Morgan fingerprint density at radius 2 is 1.62 bits per heavy atom. The van der Waals surface area contributed by atoms with Crippen molar-refractivity contribution >= 4 is 17.6 Å². The van der Waals surface area contributed by atoms with Gasteiger partial charge in [0.05, 0.1) is 12.7 Å². The number of methoxy groups -OCH3 is 1. The lowest BCUT2D eigenvalue weighted by molar-refractivity contribution is -0.125. The summed E-state index contributed by atoms with van der Waals surface area (Å²) < 4.78 is 10.9. The molecule has 1 amide bonds. The molecule has 0 bridgehead atoms. The molecule has 0 heterocycles. The molecule has 0 saturated heterocycles. The highest BCUT2D eigenvalue weighted by Crippen LogP contribution is 2.24. The van der Waals surface area contributed by atoms with Crippen LogP contribution in [0, 0.1) is 13.8 Å². The van der Waals surface area contributed by atoms with E-state index in [1.165, 1.54) is 0 Å². The average molecular weight is 389 g/mol. The van der Waals surface area contributed by atoms with E-state index in [0.717, 1.165) is 11.1 Å². The second-order valence-corrected chi connectivity index (χ2v) is 6.66. The highest BCUT2D eigenvalue weighted by molar-refractivity contribution is 5.98. The third-order valence-electron chi connectivity index (χ3n) is 4.73. The lowest BCUT2D eigenvalue weighted by Crippen LogP contribution is -2.26. The van der Waals surface area contributed by atoms with Crippen LogP contribution in [0.25, 0.3) is 0 Å². The zero-order chi connectivity index (χ0) is 20.8. The molecule has 0 aliphatic heterocycles. The van der Waals surface area contributed by atoms with E-state index in [0.29, 0.717) is 22.6 Å². The molecule has 0 aliphatic rings. The van der Waals surface area contributed by atoms with Gasteiger partial charge in [0.1, 0.15) is 5.75 Å². The first kappa shape index (κ1) is 20.1. The molecule has 1 atom stereocenters. The van der Waals surface area contributed by atoms with Gasteiger partial charge in [-0.3, -0.25) is 4.79 Å². The molecule has 0 unspecified atom stereocenters. The van der Waals surface area contributed by atoms with E-state index >= 15 is 0 Å². The predicted octanol–water partition coefficient (Wildman–Crippen LogP) is 4.85. The minimum atomic E-state index is -1.09. The zero-order valence-electron chi connectivity index (χ0n) is 16.6. The van der Waals surface area contributed by atoms with Gasteiger partial charge >= 0.3 is 5.97 Å². The Hall–Kier alpha value is -3.60. The third-order valence-corrected chi connectivity index (χ3v) is 4.73. The van der Waals surface area contributed by atoms with Crippen LogP contribution >= 0.6 is 0 Å². The highest BCUT2D eigenvalue weighted by Gasteiger charge is 2.26. The highest BCUT2D eigenvalue weighted by atomic mass is 16.5. The molecule has 5 nitrogen and oxygen atoms in total. The molecule has 29 heavy (non-hydrogen) atoms. The van der Waals surface area contributed by atoms with E-state index in [-0.39, 0.29) is 0 Å². The summed E-state index contributed by atoms with van der Waals surface area (Å²) in [7, 11) is 1.56. The molecule has 3 aromatic carbocycles. The van der Waals surface area contributed by atoms with Crippen LogP contribution in [0.1, 0.15) is 33.2 Å².